The Hall–Kier alpha value is -1.27. The normalized spacial score (nSPS) is 12.4. The largest absolute Gasteiger partial charge is 0.406 e. The molecule has 0 aromatic heterocycles. The molecule has 0 saturated heterocycles. The number of amides is 1. The fraction of sp³-hybridized carbons (Fsp3) is 0.562. The molecule has 0 aliphatic carbocycles. The zero-order chi connectivity index (χ0) is 16.8. The highest BCUT2D eigenvalue weighted by molar-refractivity contribution is 5.85. The molecule has 0 spiro atoms. The van der Waals surface area contributed by atoms with Crippen LogP contribution in [0.5, 0.6) is 0 Å². The summed E-state index contributed by atoms with van der Waals surface area (Å²) >= 11 is 0. The fourth-order valence-corrected chi connectivity index (χ4v) is 2.04. The zero-order valence-electron chi connectivity index (χ0n) is 13.4. The molecule has 1 rings (SSSR count). The number of aryl methyl sites for hydroxylation is 1. The van der Waals surface area contributed by atoms with E-state index < -0.39 is 18.6 Å². The van der Waals surface area contributed by atoms with Crippen molar-refractivity contribution in [2.24, 2.45) is 5.73 Å². The highest BCUT2D eigenvalue weighted by Crippen LogP contribution is 2.18. The van der Waals surface area contributed by atoms with Crippen LogP contribution in [0.3, 0.4) is 0 Å². The summed E-state index contributed by atoms with van der Waals surface area (Å²) in [6, 6.07) is 7.35. The molecule has 132 valence electrons. The molecule has 0 aliphatic rings. The van der Waals surface area contributed by atoms with Gasteiger partial charge in [-0.3, -0.25) is 4.79 Å². The maximum Gasteiger partial charge on any atom is 0.406 e. The van der Waals surface area contributed by atoms with Crippen LogP contribution in [0.25, 0.3) is 0 Å². The van der Waals surface area contributed by atoms with E-state index in [1.165, 1.54) is 0 Å². The minimum absolute atomic E-state index is 0. The highest BCUT2D eigenvalue weighted by Gasteiger charge is 2.32. The van der Waals surface area contributed by atoms with Crippen molar-refractivity contribution >= 4 is 18.3 Å². The van der Waals surface area contributed by atoms with Crippen LogP contribution in [0.1, 0.15) is 30.9 Å². The fourth-order valence-electron chi connectivity index (χ4n) is 2.04. The predicted molar refractivity (Wildman–Crippen MR) is 87.6 cm³/mol. The summed E-state index contributed by atoms with van der Waals surface area (Å²) < 4.78 is 37.9. The van der Waals surface area contributed by atoms with Gasteiger partial charge >= 0.3 is 6.18 Å². The van der Waals surface area contributed by atoms with Crippen LogP contribution in [-0.2, 0) is 11.2 Å². The molecule has 1 amide bonds. The van der Waals surface area contributed by atoms with Crippen LogP contribution in [0.4, 0.5) is 13.2 Å². The van der Waals surface area contributed by atoms with Gasteiger partial charge in [-0.2, -0.15) is 13.2 Å². The molecule has 0 radical (unpaired) electrons. The molecule has 1 aromatic carbocycles. The SMILES string of the molecule is Cc1ccc(CCN(CC(F)(F)F)C(=O)CCC(C)N)cc1.Cl. The molecule has 1 aromatic rings. The van der Waals surface area contributed by atoms with E-state index in [1.54, 1.807) is 6.92 Å². The molecule has 0 fully saturated rings. The first kappa shape index (κ1) is 21.7. The van der Waals surface area contributed by atoms with Gasteiger partial charge in [0.25, 0.3) is 0 Å². The number of nitrogens with two attached hydrogens (primary N) is 1. The third kappa shape index (κ3) is 9.46. The maximum atomic E-state index is 12.6. The third-order valence-corrected chi connectivity index (χ3v) is 3.33. The van der Waals surface area contributed by atoms with E-state index in [-0.39, 0.29) is 31.4 Å². The van der Waals surface area contributed by atoms with Crippen LogP contribution in [0, 0.1) is 6.92 Å². The second-order valence-corrected chi connectivity index (χ2v) is 5.68. The number of hydrogen-bond acceptors (Lipinski definition) is 2. The van der Waals surface area contributed by atoms with Gasteiger partial charge in [-0.1, -0.05) is 29.8 Å². The van der Waals surface area contributed by atoms with Gasteiger partial charge in [0.05, 0.1) is 0 Å². The summed E-state index contributed by atoms with van der Waals surface area (Å²) in [4.78, 5) is 12.8. The van der Waals surface area contributed by atoms with Crippen LogP contribution < -0.4 is 5.73 Å². The average Bonchev–Trinajstić information content (AvgIpc) is 2.41. The second-order valence-electron chi connectivity index (χ2n) is 5.68. The van der Waals surface area contributed by atoms with E-state index in [0.717, 1.165) is 16.0 Å². The number of benzene rings is 1. The van der Waals surface area contributed by atoms with Crippen molar-refractivity contribution in [3.63, 3.8) is 0 Å². The molecule has 0 saturated carbocycles. The number of hydrogen-bond donors (Lipinski definition) is 1. The molecule has 7 heteroatoms. The first-order valence-corrected chi connectivity index (χ1v) is 7.33. The minimum atomic E-state index is -4.39. The highest BCUT2D eigenvalue weighted by atomic mass is 35.5. The molecule has 0 heterocycles. The van der Waals surface area contributed by atoms with Crippen LogP contribution in [0.2, 0.25) is 0 Å². The first-order chi connectivity index (χ1) is 10.2. The van der Waals surface area contributed by atoms with Gasteiger partial charge in [-0.15, -0.1) is 12.4 Å². The number of carbonyl (C=O) groups is 1. The van der Waals surface area contributed by atoms with Crippen molar-refractivity contribution in [1.29, 1.82) is 0 Å². The molecule has 0 aliphatic heterocycles. The summed E-state index contributed by atoms with van der Waals surface area (Å²) in [6.07, 6.45) is -3.56. The lowest BCUT2D eigenvalue weighted by Gasteiger charge is -2.24. The molecular formula is C16H24ClF3N2O. The van der Waals surface area contributed by atoms with Crippen molar-refractivity contribution in [2.75, 3.05) is 13.1 Å². The van der Waals surface area contributed by atoms with Crippen molar-refractivity contribution in [1.82, 2.24) is 4.90 Å². The van der Waals surface area contributed by atoms with Crippen LogP contribution in [0.15, 0.2) is 24.3 Å². The van der Waals surface area contributed by atoms with E-state index in [0.29, 0.717) is 12.8 Å². The van der Waals surface area contributed by atoms with Crippen molar-refractivity contribution in [3.05, 3.63) is 35.4 Å². The Balaban J connectivity index is 0.00000484. The Morgan fingerprint density at radius 2 is 1.83 bits per heavy atom. The van der Waals surface area contributed by atoms with Gasteiger partial charge in [-0.05, 0) is 32.3 Å². The lowest BCUT2D eigenvalue weighted by molar-refractivity contribution is -0.161. The number of rotatable bonds is 7. The number of halogens is 4. The molecule has 1 unspecified atom stereocenters. The third-order valence-electron chi connectivity index (χ3n) is 3.33. The van der Waals surface area contributed by atoms with E-state index in [2.05, 4.69) is 0 Å². The summed E-state index contributed by atoms with van der Waals surface area (Å²) in [5.74, 6) is -0.498. The summed E-state index contributed by atoms with van der Waals surface area (Å²) in [6.45, 7) is 2.52. The van der Waals surface area contributed by atoms with Crippen molar-refractivity contribution in [2.45, 2.75) is 45.3 Å². The molecule has 2 N–H and O–H groups in total. The summed E-state index contributed by atoms with van der Waals surface area (Å²) in [7, 11) is 0. The average molecular weight is 353 g/mol. The smallest absolute Gasteiger partial charge is 0.333 e. The topological polar surface area (TPSA) is 46.3 Å². The minimum Gasteiger partial charge on any atom is -0.333 e. The van der Waals surface area contributed by atoms with Gasteiger partial charge in [0, 0.05) is 19.0 Å². The number of carbonyl (C=O) groups excluding carboxylic acids is 1. The predicted octanol–water partition coefficient (Wildman–Crippen LogP) is 3.48. The molecular weight excluding hydrogens is 329 g/mol. The number of alkyl halides is 3. The summed E-state index contributed by atoms with van der Waals surface area (Å²) in [5.41, 5.74) is 7.56. The second kappa shape index (κ2) is 9.78. The van der Waals surface area contributed by atoms with Crippen LogP contribution >= 0.6 is 12.4 Å². The molecule has 3 nitrogen and oxygen atoms in total. The Kier molecular flexibility index (Phi) is 9.24. The van der Waals surface area contributed by atoms with Gasteiger partial charge in [0.2, 0.25) is 5.91 Å². The molecule has 0 bridgehead atoms. The Morgan fingerprint density at radius 3 is 2.30 bits per heavy atom. The van der Waals surface area contributed by atoms with Gasteiger partial charge in [0.1, 0.15) is 6.54 Å². The lowest BCUT2D eigenvalue weighted by atomic mass is 10.1. The Morgan fingerprint density at radius 1 is 1.26 bits per heavy atom. The summed E-state index contributed by atoms with van der Waals surface area (Å²) in [5, 5.41) is 0. The first-order valence-electron chi connectivity index (χ1n) is 7.33. The Labute approximate surface area is 141 Å². The van der Waals surface area contributed by atoms with Gasteiger partial charge < -0.3 is 10.6 Å². The molecule has 23 heavy (non-hydrogen) atoms. The standard InChI is InChI=1S/C16H23F3N2O.ClH/c1-12-3-6-14(7-4-12)9-10-21(11-16(17,18)19)15(22)8-5-13(2)20;/h3-4,6-7,13H,5,8-11,20H2,1-2H3;1H. The number of nitrogens with zero attached hydrogens (tertiary/aromatic N) is 1. The maximum absolute atomic E-state index is 12.6. The monoisotopic (exact) mass is 352 g/mol. The van der Waals surface area contributed by atoms with E-state index in [4.69, 9.17) is 5.73 Å². The van der Waals surface area contributed by atoms with Gasteiger partial charge in [0.15, 0.2) is 0 Å². The Bertz CT molecular complexity index is 475. The van der Waals surface area contributed by atoms with E-state index in [1.807, 2.05) is 31.2 Å². The van der Waals surface area contributed by atoms with Crippen molar-refractivity contribution < 1.29 is 18.0 Å². The zero-order valence-corrected chi connectivity index (χ0v) is 14.2. The van der Waals surface area contributed by atoms with E-state index >= 15 is 0 Å². The quantitative estimate of drug-likeness (QED) is 0.816. The lowest BCUT2D eigenvalue weighted by Crippen LogP contribution is -2.40. The van der Waals surface area contributed by atoms with Crippen LogP contribution in [-0.4, -0.2) is 36.1 Å². The van der Waals surface area contributed by atoms with Crippen molar-refractivity contribution in [3.8, 4) is 0 Å². The van der Waals surface area contributed by atoms with E-state index in [9.17, 15) is 18.0 Å². The molecule has 1 atom stereocenters. The van der Waals surface area contributed by atoms with Gasteiger partial charge in [-0.25, -0.2) is 0 Å².